The Labute approximate surface area is 171 Å². The summed E-state index contributed by atoms with van der Waals surface area (Å²) >= 11 is 9.39. The first-order chi connectivity index (χ1) is 13.1. The van der Waals surface area contributed by atoms with Gasteiger partial charge in [0.1, 0.15) is 12.4 Å². The first kappa shape index (κ1) is 19.1. The number of hydrazone groups is 1. The standard InChI is InChI=1S/C21H16BrClN2O2/c22-17-9-5-16(6-10-17)14-27-18-11-7-15(8-12-18)13-24-25-21(26)19-3-1-2-4-20(19)23/h1-13H,14H2,(H,25,26)/b24-13-. The van der Waals surface area contributed by atoms with Crippen LogP contribution in [0.2, 0.25) is 5.02 Å². The molecule has 0 saturated heterocycles. The van der Waals surface area contributed by atoms with E-state index in [0.29, 0.717) is 17.2 Å². The fourth-order valence-corrected chi connectivity index (χ4v) is 2.75. The maximum atomic E-state index is 12.0. The van der Waals surface area contributed by atoms with Crippen molar-refractivity contribution >= 4 is 39.7 Å². The van der Waals surface area contributed by atoms with E-state index in [1.54, 1.807) is 30.5 Å². The molecule has 1 amide bonds. The van der Waals surface area contributed by atoms with Gasteiger partial charge in [0.25, 0.3) is 5.91 Å². The van der Waals surface area contributed by atoms with Gasteiger partial charge in [-0.1, -0.05) is 51.8 Å². The second kappa shape index (κ2) is 9.35. The zero-order valence-corrected chi connectivity index (χ0v) is 16.6. The molecule has 3 rings (SSSR count). The molecule has 0 aliphatic carbocycles. The summed E-state index contributed by atoms with van der Waals surface area (Å²) in [6.45, 7) is 0.495. The van der Waals surface area contributed by atoms with Crippen LogP contribution in [0.3, 0.4) is 0 Å². The van der Waals surface area contributed by atoms with E-state index in [0.717, 1.165) is 21.3 Å². The minimum atomic E-state index is -0.355. The van der Waals surface area contributed by atoms with Gasteiger partial charge in [0.15, 0.2) is 0 Å². The number of nitrogens with one attached hydrogen (secondary N) is 1. The van der Waals surface area contributed by atoms with Crippen LogP contribution < -0.4 is 10.2 Å². The molecule has 6 heteroatoms. The number of hydrogen-bond donors (Lipinski definition) is 1. The highest BCUT2D eigenvalue weighted by Crippen LogP contribution is 2.16. The van der Waals surface area contributed by atoms with E-state index in [4.69, 9.17) is 16.3 Å². The van der Waals surface area contributed by atoms with Crippen LogP contribution in [0.25, 0.3) is 0 Å². The van der Waals surface area contributed by atoms with E-state index < -0.39 is 0 Å². The second-order valence-electron chi connectivity index (χ2n) is 5.66. The van der Waals surface area contributed by atoms with Gasteiger partial charge < -0.3 is 4.74 Å². The third-order valence-electron chi connectivity index (χ3n) is 3.70. The fraction of sp³-hybridized carbons (Fsp3) is 0.0476. The first-order valence-electron chi connectivity index (χ1n) is 8.17. The van der Waals surface area contributed by atoms with Crippen LogP contribution in [0.1, 0.15) is 21.5 Å². The summed E-state index contributed by atoms with van der Waals surface area (Å²) in [5, 5.41) is 4.35. The lowest BCUT2D eigenvalue weighted by Crippen LogP contribution is -2.17. The van der Waals surface area contributed by atoms with Crippen LogP contribution in [0.5, 0.6) is 5.75 Å². The summed E-state index contributed by atoms with van der Waals surface area (Å²) in [6, 6.07) is 22.2. The molecular weight excluding hydrogens is 428 g/mol. The minimum Gasteiger partial charge on any atom is -0.489 e. The van der Waals surface area contributed by atoms with Gasteiger partial charge in [0, 0.05) is 4.47 Å². The molecule has 0 aromatic heterocycles. The monoisotopic (exact) mass is 442 g/mol. The summed E-state index contributed by atoms with van der Waals surface area (Å²) in [4.78, 5) is 12.0. The van der Waals surface area contributed by atoms with Crippen molar-refractivity contribution in [1.82, 2.24) is 5.43 Å². The Kier molecular flexibility index (Phi) is 6.63. The topological polar surface area (TPSA) is 50.7 Å². The Morgan fingerprint density at radius 1 is 1.04 bits per heavy atom. The van der Waals surface area contributed by atoms with Crippen molar-refractivity contribution in [2.45, 2.75) is 6.61 Å². The Hall–Kier alpha value is -2.63. The van der Waals surface area contributed by atoms with Gasteiger partial charge in [-0.05, 0) is 59.7 Å². The lowest BCUT2D eigenvalue weighted by molar-refractivity contribution is 0.0955. The molecule has 1 N–H and O–H groups in total. The molecular formula is C21H16BrClN2O2. The minimum absolute atomic E-state index is 0.355. The molecule has 0 aliphatic rings. The molecule has 3 aromatic carbocycles. The molecule has 136 valence electrons. The summed E-state index contributed by atoms with van der Waals surface area (Å²) in [7, 11) is 0. The molecule has 27 heavy (non-hydrogen) atoms. The predicted molar refractivity (Wildman–Crippen MR) is 111 cm³/mol. The number of nitrogens with zero attached hydrogens (tertiary/aromatic N) is 1. The van der Waals surface area contributed by atoms with Crippen molar-refractivity contribution in [3.8, 4) is 5.75 Å². The Morgan fingerprint density at radius 2 is 1.74 bits per heavy atom. The molecule has 0 unspecified atom stereocenters. The molecule has 3 aromatic rings. The normalized spacial score (nSPS) is 10.7. The predicted octanol–water partition coefficient (Wildman–Crippen LogP) is 5.45. The highest BCUT2D eigenvalue weighted by Gasteiger charge is 2.07. The van der Waals surface area contributed by atoms with Crippen molar-refractivity contribution in [3.05, 3.63) is 99.0 Å². The first-order valence-corrected chi connectivity index (χ1v) is 9.34. The van der Waals surface area contributed by atoms with E-state index >= 15 is 0 Å². The maximum absolute atomic E-state index is 12.0. The third kappa shape index (κ3) is 5.67. The van der Waals surface area contributed by atoms with E-state index in [1.807, 2.05) is 48.5 Å². The van der Waals surface area contributed by atoms with E-state index in [2.05, 4.69) is 26.5 Å². The van der Waals surface area contributed by atoms with Crippen LogP contribution in [0.15, 0.2) is 82.4 Å². The highest BCUT2D eigenvalue weighted by molar-refractivity contribution is 9.10. The number of benzene rings is 3. The van der Waals surface area contributed by atoms with Gasteiger partial charge in [-0.15, -0.1) is 0 Å². The van der Waals surface area contributed by atoms with Gasteiger partial charge in [-0.2, -0.15) is 5.10 Å². The van der Waals surface area contributed by atoms with Crippen LogP contribution in [0, 0.1) is 0 Å². The Bertz CT molecular complexity index is 941. The zero-order valence-electron chi connectivity index (χ0n) is 14.2. The maximum Gasteiger partial charge on any atom is 0.272 e. The van der Waals surface area contributed by atoms with Crippen LogP contribution in [-0.4, -0.2) is 12.1 Å². The van der Waals surface area contributed by atoms with Crippen molar-refractivity contribution in [1.29, 1.82) is 0 Å². The number of amides is 1. The van der Waals surface area contributed by atoms with E-state index in [-0.39, 0.29) is 5.91 Å². The zero-order chi connectivity index (χ0) is 19.1. The average molecular weight is 444 g/mol. The molecule has 4 nitrogen and oxygen atoms in total. The highest BCUT2D eigenvalue weighted by atomic mass is 79.9. The second-order valence-corrected chi connectivity index (χ2v) is 6.99. The van der Waals surface area contributed by atoms with Gasteiger partial charge in [0.2, 0.25) is 0 Å². The summed E-state index contributed by atoms with van der Waals surface area (Å²) < 4.78 is 6.79. The summed E-state index contributed by atoms with van der Waals surface area (Å²) in [6.07, 6.45) is 1.56. The van der Waals surface area contributed by atoms with Gasteiger partial charge in [-0.3, -0.25) is 4.79 Å². The number of hydrogen-bond acceptors (Lipinski definition) is 3. The number of carbonyl (C=O) groups excluding carboxylic acids is 1. The van der Waals surface area contributed by atoms with Crippen LogP contribution >= 0.6 is 27.5 Å². The number of carbonyl (C=O) groups is 1. The quantitative estimate of drug-likeness (QED) is 0.407. The van der Waals surface area contributed by atoms with Crippen molar-refractivity contribution in [2.24, 2.45) is 5.10 Å². The van der Waals surface area contributed by atoms with Gasteiger partial charge >= 0.3 is 0 Å². The van der Waals surface area contributed by atoms with Gasteiger partial charge in [-0.25, -0.2) is 5.43 Å². The van der Waals surface area contributed by atoms with Crippen molar-refractivity contribution in [3.63, 3.8) is 0 Å². The molecule has 0 saturated carbocycles. The van der Waals surface area contributed by atoms with E-state index in [1.165, 1.54) is 0 Å². The smallest absolute Gasteiger partial charge is 0.272 e. The Morgan fingerprint density at radius 3 is 2.44 bits per heavy atom. The number of ether oxygens (including phenoxy) is 1. The number of rotatable bonds is 6. The molecule has 0 aliphatic heterocycles. The van der Waals surface area contributed by atoms with Crippen LogP contribution in [0.4, 0.5) is 0 Å². The molecule has 0 fully saturated rings. The average Bonchev–Trinajstić information content (AvgIpc) is 2.69. The largest absolute Gasteiger partial charge is 0.489 e. The molecule has 0 heterocycles. The van der Waals surface area contributed by atoms with Crippen molar-refractivity contribution in [2.75, 3.05) is 0 Å². The SMILES string of the molecule is O=C(N/N=C\c1ccc(OCc2ccc(Br)cc2)cc1)c1ccccc1Cl. The molecule has 0 radical (unpaired) electrons. The molecule has 0 atom stereocenters. The Balaban J connectivity index is 1.52. The lowest BCUT2D eigenvalue weighted by atomic mass is 10.2. The van der Waals surface area contributed by atoms with Crippen molar-refractivity contribution < 1.29 is 9.53 Å². The summed E-state index contributed by atoms with van der Waals surface area (Å²) in [5.41, 5.74) is 4.77. The molecule has 0 spiro atoms. The fourth-order valence-electron chi connectivity index (χ4n) is 2.27. The third-order valence-corrected chi connectivity index (χ3v) is 4.56. The summed E-state index contributed by atoms with van der Waals surface area (Å²) in [5.74, 6) is 0.404. The number of halogens is 2. The van der Waals surface area contributed by atoms with Gasteiger partial charge in [0.05, 0.1) is 16.8 Å². The lowest BCUT2D eigenvalue weighted by Gasteiger charge is -2.06. The van der Waals surface area contributed by atoms with E-state index in [9.17, 15) is 4.79 Å². The van der Waals surface area contributed by atoms with Crippen LogP contribution in [-0.2, 0) is 6.61 Å². The molecule has 0 bridgehead atoms.